The van der Waals surface area contributed by atoms with Crippen molar-refractivity contribution in [3.05, 3.63) is 142 Å². The number of aromatic amines is 1. The molecule has 0 unspecified atom stereocenters. The van der Waals surface area contributed by atoms with Crippen molar-refractivity contribution in [1.82, 2.24) is 24.5 Å². The summed E-state index contributed by atoms with van der Waals surface area (Å²) in [5.74, 6) is 0.735. The van der Waals surface area contributed by atoms with Gasteiger partial charge in [0.15, 0.2) is 0 Å². The molecule has 3 N–H and O–H groups in total. The van der Waals surface area contributed by atoms with Crippen molar-refractivity contribution in [2.24, 2.45) is 5.41 Å². The molecule has 16 nitrogen and oxygen atoms in total. The average molecular weight is 1020 g/mol. The summed E-state index contributed by atoms with van der Waals surface area (Å²) in [5.41, 5.74) is 3.48. The first-order valence-corrected chi connectivity index (χ1v) is 26.7. The predicted octanol–water partition coefficient (Wildman–Crippen LogP) is 9.75. The molecule has 4 fully saturated rings. The molecule has 18 heteroatoms. The third-order valence-electron chi connectivity index (χ3n) is 15.5. The fourth-order valence-electron chi connectivity index (χ4n) is 11.3. The Kier molecular flexibility index (Phi) is 14.2. The molecule has 3 aliphatic heterocycles. The summed E-state index contributed by atoms with van der Waals surface area (Å²) in [5, 5.41) is 15.7. The molecule has 1 atom stereocenters. The van der Waals surface area contributed by atoms with E-state index in [-0.39, 0.29) is 61.1 Å². The molecule has 1 saturated carbocycles. The smallest absolute Gasteiger partial charge is 0.293 e. The summed E-state index contributed by atoms with van der Waals surface area (Å²) in [4.78, 5) is 40.1. The Morgan fingerprint density at radius 3 is 2.45 bits per heavy atom. The first-order valence-electron chi connectivity index (χ1n) is 25.2. The number of sulfonamides is 1. The molecule has 1 aliphatic carbocycles. The van der Waals surface area contributed by atoms with Gasteiger partial charge in [-0.25, -0.2) is 22.5 Å². The van der Waals surface area contributed by atoms with Gasteiger partial charge in [0.25, 0.3) is 21.6 Å². The van der Waals surface area contributed by atoms with Crippen molar-refractivity contribution < 1.29 is 36.7 Å². The normalized spacial score (nSPS) is 19.4. The Hall–Kier alpha value is -6.60. The van der Waals surface area contributed by atoms with Crippen LogP contribution in [-0.2, 0) is 21.3 Å². The number of ether oxygens (including phenoxy) is 3. The largest absolute Gasteiger partial charge is 0.497 e. The molecule has 4 aromatic carbocycles. The standard InChI is InChI=1S/C55H63FN8O8S/c1-37(2)45-6-4-5-7-46(45)50-35-61(34-38-8-11-42(70-3)12-9-38)24-25-63(50)41-31-54(32-41)17-22-62(23-18-54)40-10-14-47(51(29-40)72-43-28-39-16-21-57-52(39)58-33-43)53(65)60-73(68,69)44-13-15-48(49(30-44)64(66)67)59-36-55(56)19-26-71-27-20-55/h4-16,21,28-30,33,37,41,50,59H,17-20,22-27,31-32,34-36H2,1-3H3,(H,57,58)(H,60,65)/t50-/m1/s1. The molecule has 0 bridgehead atoms. The van der Waals surface area contributed by atoms with Gasteiger partial charge in [-0.2, -0.15) is 0 Å². The number of methoxy groups -OCH3 is 1. The number of H-pyrrole nitrogens is 1. The third-order valence-corrected chi connectivity index (χ3v) is 16.9. The minimum absolute atomic E-state index is 0.0497. The lowest BCUT2D eigenvalue weighted by atomic mass is 9.59. The Bertz CT molecular complexity index is 3070. The van der Waals surface area contributed by atoms with Crippen LogP contribution in [0.1, 0.15) is 91.4 Å². The van der Waals surface area contributed by atoms with Crippen LogP contribution in [-0.4, -0.2) is 110 Å². The lowest BCUT2D eigenvalue weighted by Gasteiger charge is -2.58. The molecule has 6 aromatic rings. The van der Waals surface area contributed by atoms with E-state index in [1.54, 1.807) is 37.6 Å². The number of piperazine rings is 1. The number of fused-ring (bicyclic) bond motifs is 1. The van der Waals surface area contributed by atoms with E-state index in [1.165, 1.54) is 29.0 Å². The first-order chi connectivity index (χ1) is 35.2. The average Bonchev–Trinajstić information content (AvgIpc) is 3.86. The number of carbonyl (C=O) groups excluding carboxylic acids is 1. The SMILES string of the molecule is COc1ccc(CN2CCN(C3CC4(CCN(c5ccc(C(=O)NS(=O)(=O)c6ccc(NCC7(F)CCOCC7)c([N+](=O)[O-])c6)c(Oc6cnc7[nH]ccc7c6)c5)CC4)C3)[C@@H](c3ccccc3C(C)C)C2)cc1. The minimum atomic E-state index is -4.65. The highest BCUT2D eigenvalue weighted by atomic mass is 32.2. The molecule has 3 saturated heterocycles. The van der Waals surface area contributed by atoms with Crippen molar-refractivity contribution in [2.75, 3.05) is 69.8 Å². The maximum Gasteiger partial charge on any atom is 0.293 e. The molecule has 1 spiro atoms. The van der Waals surface area contributed by atoms with Crippen LogP contribution in [0.3, 0.4) is 0 Å². The van der Waals surface area contributed by atoms with Crippen LogP contribution in [0.2, 0.25) is 0 Å². The number of nitrogens with one attached hydrogen (secondary N) is 3. The highest BCUT2D eigenvalue weighted by Gasteiger charge is 2.50. The predicted molar refractivity (Wildman–Crippen MR) is 278 cm³/mol. The van der Waals surface area contributed by atoms with Crippen molar-refractivity contribution in [3.8, 4) is 17.2 Å². The minimum Gasteiger partial charge on any atom is -0.497 e. The van der Waals surface area contributed by atoms with E-state index in [4.69, 9.17) is 14.2 Å². The highest BCUT2D eigenvalue weighted by Crippen LogP contribution is 2.53. The molecule has 384 valence electrons. The number of aromatic nitrogens is 2. The molecule has 73 heavy (non-hydrogen) atoms. The second kappa shape index (κ2) is 20.7. The zero-order valence-electron chi connectivity index (χ0n) is 41.5. The van der Waals surface area contributed by atoms with Crippen LogP contribution in [0.15, 0.2) is 114 Å². The van der Waals surface area contributed by atoms with Crippen LogP contribution in [0.5, 0.6) is 17.2 Å². The van der Waals surface area contributed by atoms with Gasteiger partial charge >= 0.3 is 0 Å². The summed E-state index contributed by atoms with van der Waals surface area (Å²) in [6, 6.07) is 30.1. The topological polar surface area (TPSA) is 184 Å². The number of halogens is 1. The number of anilines is 2. The second-order valence-corrected chi connectivity index (χ2v) is 22.2. The maximum absolute atomic E-state index is 15.3. The van der Waals surface area contributed by atoms with Crippen molar-refractivity contribution in [1.29, 1.82) is 0 Å². The van der Waals surface area contributed by atoms with Crippen molar-refractivity contribution >= 4 is 44.0 Å². The van der Waals surface area contributed by atoms with E-state index in [0.717, 1.165) is 93.9 Å². The number of amides is 1. The zero-order valence-corrected chi connectivity index (χ0v) is 42.3. The number of hydrogen-bond donors (Lipinski definition) is 3. The lowest BCUT2D eigenvalue weighted by Crippen LogP contribution is -2.60. The van der Waals surface area contributed by atoms with Gasteiger partial charge in [-0.3, -0.25) is 24.7 Å². The van der Waals surface area contributed by atoms with E-state index in [9.17, 15) is 23.3 Å². The number of rotatable bonds is 16. The first kappa shape index (κ1) is 50.0. The molecular formula is C55H63FN8O8S. The van der Waals surface area contributed by atoms with E-state index < -0.39 is 37.1 Å². The molecule has 0 radical (unpaired) electrons. The maximum atomic E-state index is 15.3. The van der Waals surface area contributed by atoms with Gasteiger partial charge in [-0.05, 0) is 102 Å². The fraction of sp³-hybridized carbons (Fsp3) is 0.418. The number of pyridine rings is 1. The van der Waals surface area contributed by atoms with Crippen LogP contribution >= 0.6 is 0 Å². The Morgan fingerprint density at radius 1 is 0.945 bits per heavy atom. The number of carbonyl (C=O) groups is 1. The number of benzene rings is 4. The number of hydrogen-bond acceptors (Lipinski definition) is 13. The van der Waals surface area contributed by atoms with Crippen LogP contribution in [0.25, 0.3) is 11.0 Å². The van der Waals surface area contributed by atoms with Crippen molar-refractivity contribution in [3.63, 3.8) is 0 Å². The van der Waals surface area contributed by atoms with Gasteiger partial charge in [-0.15, -0.1) is 0 Å². The number of nitro groups is 1. The molecule has 10 rings (SSSR count). The number of piperidine rings is 1. The van der Waals surface area contributed by atoms with E-state index in [1.807, 2.05) is 18.2 Å². The van der Waals surface area contributed by atoms with Crippen molar-refractivity contribution in [2.45, 2.75) is 87.5 Å². The quantitative estimate of drug-likeness (QED) is 0.0616. The number of alkyl halides is 1. The molecule has 1 amide bonds. The van der Waals surface area contributed by atoms with Gasteiger partial charge in [0, 0.05) is 113 Å². The molecule has 4 aliphatic rings. The Morgan fingerprint density at radius 2 is 1.71 bits per heavy atom. The second-order valence-electron chi connectivity index (χ2n) is 20.5. The summed E-state index contributed by atoms with van der Waals surface area (Å²) in [6.07, 6.45) is 7.79. The van der Waals surface area contributed by atoms with Gasteiger partial charge in [0.1, 0.15) is 34.3 Å². The Labute approximate surface area is 425 Å². The Balaban J connectivity index is 0.837. The van der Waals surface area contributed by atoms with Crippen LogP contribution < -0.4 is 24.4 Å². The zero-order chi connectivity index (χ0) is 50.9. The van der Waals surface area contributed by atoms with E-state index >= 15 is 4.39 Å². The lowest BCUT2D eigenvalue weighted by molar-refractivity contribution is -0.384. The highest BCUT2D eigenvalue weighted by molar-refractivity contribution is 7.90. The molecule has 2 aromatic heterocycles. The molecular weight excluding hydrogens is 952 g/mol. The van der Waals surface area contributed by atoms with Crippen LogP contribution in [0, 0.1) is 15.5 Å². The summed E-state index contributed by atoms with van der Waals surface area (Å²) < 4.78 is 62.0. The number of nitrogens with zero attached hydrogens (tertiary/aromatic N) is 5. The monoisotopic (exact) mass is 1010 g/mol. The van der Waals surface area contributed by atoms with E-state index in [0.29, 0.717) is 23.4 Å². The van der Waals surface area contributed by atoms with E-state index in [2.05, 4.69) is 85.0 Å². The van der Waals surface area contributed by atoms with Gasteiger partial charge in [0.2, 0.25) is 0 Å². The summed E-state index contributed by atoms with van der Waals surface area (Å²) in [7, 11) is -2.95. The summed E-state index contributed by atoms with van der Waals surface area (Å²) in [6.45, 7) is 10.2. The fourth-order valence-corrected chi connectivity index (χ4v) is 12.3. The van der Waals surface area contributed by atoms with Gasteiger partial charge in [0.05, 0.1) is 28.7 Å². The van der Waals surface area contributed by atoms with Gasteiger partial charge in [-0.1, -0.05) is 50.2 Å². The number of nitro benzene ring substituents is 1. The summed E-state index contributed by atoms with van der Waals surface area (Å²) >= 11 is 0. The van der Waals surface area contributed by atoms with Crippen LogP contribution in [0.4, 0.5) is 21.5 Å². The molecule has 5 heterocycles. The third kappa shape index (κ3) is 10.9. The van der Waals surface area contributed by atoms with Gasteiger partial charge < -0.3 is 29.4 Å².